The van der Waals surface area contributed by atoms with E-state index in [1.54, 1.807) is 12.3 Å². The van der Waals surface area contributed by atoms with Gasteiger partial charge in [-0.2, -0.15) is 5.10 Å². The highest BCUT2D eigenvalue weighted by Crippen LogP contribution is 2.63. The van der Waals surface area contributed by atoms with Crippen LogP contribution in [0.25, 0.3) is 22.4 Å². The molecule has 1 aliphatic heterocycles. The minimum absolute atomic E-state index is 0.0248. The highest BCUT2D eigenvalue weighted by Gasteiger charge is 2.66. The van der Waals surface area contributed by atoms with Crippen molar-refractivity contribution in [3.05, 3.63) is 70.4 Å². The first-order chi connectivity index (χ1) is 17.3. The first kappa shape index (κ1) is 22.8. The van der Waals surface area contributed by atoms with Gasteiger partial charge < -0.3 is 16.4 Å². The fourth-order valence-corrected chi connectivity index (χ4v) is 6.15. The molecule has 1 saturated carbocycles. The summed E-state index contributed by atoms with van der Waals surface area (Å²) >= 11 is 6.12. The average molecular weight is 510 g/mol. The van der Waals surface area contributed by atoms with E-state index in [0.717, 1.165) is 19.0 Å². The molecule has 0 unspecified atom stereocenters. The zero-order chi connectivity index (χ0) is 25.2. The zero-order valence-electron chi connectivity index (χ0n) is 19.0. The summed E-state index contributed by atoms with van der Waals surface area (Å²) < 4.78 is 29.4. The van der Waals surface area contributed by atoms with Crippen LogP contribution in [0.1, 0.15) is 22.3 Å². The fraction of sp³-hybridized carbons (Fsp3) is 0.280. The summed E-state index contributed by atoms with van der Waals surface area (Å²) in [5.74, 6) is -0.566. The number of primary amides is 1. The van der Waals surface area contributed by atoms with Crippen molar-refractivity contribution in [3.63, 3.8) is 0 Å². The van der Waals surface area contributed by atoms with Crippen molar-refractivity contribution in [2.45, 2.75) is 11.8 Å². The largest absolute Gasteiger partial charge is 0.366 e. The van der Waals surface area contributed by atoms with Crippen molar-refractivity contribution in [2.24, 2.45) is 23.3 Å². The van der Waals surface area contributed by atoms with E-state index >= 15 is 0 Å². The van der Waals surface area contributed by atoms with E-state index in [-0.39, 0.29) is 33.3 Å². The summed E-state index contributed by atoms with van der Waals surface area (Å²) in [7, 11) is 0. The molecule has 1 aliphatic carbocycles. The van der Waals surface area contributed by atoms with Gasteiger partial charge in [-0.15, -0.1) is 0 Å². The molecule has 5 N–H and O–H groups in total. The summed E-state index contributed by atoms with van der Waals surface area (Å²) in [6, 6.07) is 9.17. The molecule has 2 aromatic carbocycles. The highest BCUT2D eigenvalue weighted by atomic mass is 35.5. The van der Waals surface area contributed by atoms with Crippen LogP contribution in [0.5, 0.6) is 0 Å². The van der Waals surface area contributed by atoms with Crippen molar-refractivity contribution < 1.29 is 13.6 Å². The number of nitrogens with zero attached hydrogens (tertiary/aromatic N) is 4. The van der Waals surface area contributed by atoms with Crippen LogP contribution in [0.4, 0.5) is 14.6 Å². The predicted molar refractivity (Wildman–Crippen MR) is 132 cm³/mol. The Kier molecular flexibility index (Phi) is 5.20. The molecular formula is C25H22ClF2N7O. The molecule has 2 fully saturated rings. The topological polar surface area (TPSA) is 127 Å². The number of carbonyl (C=O) groups excluding carboxylic acids is 1. The van der Waals surface area contributed by atoms with Gasteiger partial charge in [0.25, 0.3) is 0 Å². The maximum Gasteiger partial charge on any atom is 0.250 e. The molecule has 3 heterocycles. The summed E-state index contributed by atoms with van der Waals surface area (Å²) in [6.45, 7) is 1.79. The summed E-state index contributed by atoms with van der Waals surface area (Å²) in [4.78, 5) is 22.7. The molecule has 4 aromatic rings. The second-order valence-corrected chi connectivity index (χ2v) is 9.75. The van der Waals surface area contributed by atoms with Crippen LogP contribution in [0.15, 0.2) is 42.6 Å². The van der Waals surface area contributed by atoms with Crippen LogP contribution >= 0.6 is 11.6 Å². The Hall–Kier alpha value is -3.63. The van der Waals surface area contributed by atoms with Crippen LogP contribution in [0, 0.1) is 23.5 Å². The highest BCUT2D eigenvalue weighted by molar-refractivity contribution is 6.34. The molecule has 1 amide bonds. The van der Waals surface area contributed by atoms with E-state index in [1.165, 1.54) is 12.1 Å². The number of hydrogen-bond donors (Lipinski definition) is 3. The van der Waals surface area contributed by atoms with E-state index in [1.807, 2.05) is 12.1 Å². The SMILES string of the molecule is NC[C@]1(c2ccccc2F)[C@@H]2CCN(c3cnc4c(-c5cc(Cl)c(C(N)=O)cc5F)[nH]nc4n3)C[C@@H]21. The lowest BCUT2D eigenvalue weighted by atomic mass is 9.91. The Morgan fingerprint density at radius 3 is 2.78 bits per heavy atom. The molecule has 0 spiro atoms. The van der Waals surface area contributed by atoms with E-state index in [2.05, 4.69) is 25.1 Å². The first-order valence-corrected chi connectivity index (χ1v) is 11.9. The van der Waals surface area contributed by atoms with Gasteiger partial charge in [-0.3, -0.25) is 9.89 Å². The molecule has 8 nitrogen and oxygen atoms in total. The second kappa shape index (κ2) is 8.21. The summed E-state index contributed by atoms with van der Waals surface area (Å²) in [5.41, 5.74) is 12.7. The number of carbonyl (C=O) groups is 1. The van der Waals surface area contributed by atoms with Crippen LogP contribution in [-0.4, -0.2) is 45.7 Å². The van der Waals surface area contributed by atoms with Crippen molar-refractivity contribution >= 4 is 34.5 Å². The number of amides is 1. The van der Waals surface area contributed by atoms with Crippen molar-refractivity contribution in [3.8, 4) is 11.3 Å². The first-order valence-electron chi connectivity index (χ1n) is 11.6. The molecule has 0 bridgehead atoms. The summed E-state index contributed by atoms with van der Waals surface area (Å²) in [5, 5.41) is 7.02. The van der Waals surface area contributed by atoms with Gasteiger partial charge in [0.15, 0.2) is 0 Å². The van der Waals surface area contributed by atoms with Gasteiger partial charge in [0.1, 0.15) is 23.0 Å². The van der Waals surface area contributed by atoms with Gasteiger partial charge in [0.2, 0.25) is 11.6 Å². The van der Waals surface area contributed by atoms with Gasteiger partial charge in [0.05, 0.1) is 22.5 Å². The molecule has 2 aromatic heterocycles. The Labute approximate surface area is 209 Å². The third kappa shape index (κ3) is 3.28. The van der Waals surface area contributed by atoms with Gasteiger partial charge in [-0.25, -0.2) is 18.7 Å². The number of nitrogens with one attached hydrogen (secondary N) is 1. The molecule has 11 heteroatoms. The molecule has 6 rings (SSSR count). The lowest BCUT2D eigenvalue weighted by Crippen LogP contribution is -2.32. The number of nitrogens with two attached hydrogens (primary N) is 2. The number of H-pyrrole nitrogens is 1. The Morgan fingerprint density at radius 1 is 1.22 bits per heavy atom. The zero-order valence-corrected chi connectivity index (χ0v) is 19.8. The average Bonchev–Trinajstić information content (AvgIpc) is 3.33. The van der Waals surface area contributed by atoms with E-state index in [0.29, 0.717) is 47.2 Å². The summed E-state index contributed by atoms with van der Waals surface area (Å²) in [6.07, 6.45) is 2.48. The number of piperidine rings is 1. The van der Waals surface area contributed by atoms with Gasteiger partial charge in [-0.1, -0.05) is 29.8 Å². The maximum atomic E-state index is 14.8. The molecule has 36 heavy (non-hydrogen) atoms. The van der Waals surface area contributed by atoms with Crippen molar-refractivity contribution in [1.82, 2.24) is 20.2 Å². The fourth-order valence-electron chi connectivity index (χ4n) is 5.89. The monoisotopic (exact) mass is 509 g/mol. The van der Waals surface area contributed by atoms with E-state index in [9.17, 15) is 13.6 Å². The Bertz CT molecular complexity index is 1530. The number of halogens is 3. The van der Waals surface area contributed by atoms with E-state index < -0.39 is 11.7 Å². The van der Waals surface area contributed by atoms with Crippen LogP contribution < -0.4 is 16.4 Å². The van der Waals surface area contributed by atoms with Gasteiger partial charge in [0, 0.05) is 30.6 Å². The quantitative estimate of drug-likeness (QED) is 0.378. The van der Waals surface area contributed by atoms with Crippen LogP contribution in [-0.2, 0) is 5.41 Å². The molecule has 2 aliphatic rings. The Balaban J connectivity index is 1.29. The van der Waals surface area contributed by atoms with E-state index in [4.69, 9.17) is 23.1 Å². The number of aromatic amines is 1. The number of aromatic nitrogens is 4. The molecule has 0 radical (unpaired) electrons. The molecule has 3 atom stereocenters. The third-order valence-corrected chi connectivity index (χ3v) is 8.02. The molecule has 1 saturated heterocycles. The van der Waals surface area contributed by atoms with Crippen molar-refractivity contribution in [1.29, 1.82) is 0 Å². The lowest BCUT2D eigenvalue weighted by Gasteiger charge is -2.26. The Morgan fingerprint density at radius 2 is 2.03 bits per heavy atom. The minimum atomic E-state index is -0.822. The molecule has 184 valence electrons. The number of anilines is 1. The smallest absolute Gasteiger partial charge is 0.250 e. The van der Waals surface area contributed by atoms with Gasteiger partial charge in [-0.05, 0) is 42.0 Å². The minimum Gasteiger partial charge on any atom is -0.366 e. The predicted octanol–water partition coefficient (Wildman–Crippen LogP) is 3.40. The normalized spacial score (nSPS) is 23.1. The lowest BCUT2D eigenvalue weighted by molar-refractivity contribution is 0.1000. The van der Waals surface area contributed by atoms with Crippen LogP contribution in [0.3, 0.4) is 0 Å². The van der Waals surface area contributed by atoms with Crippen molar-refractivity contribution in [2.75, 3.05) is 24.5 Å². The number of fused-ring (bicyclic) bond motifs is 2. The number of rotatable bonds is 5. The standard InChI is InChI=1S/C25H22ClF2N7O/c26-17-7-13(19(28)8-12(17)23(30)36)21-22-24(34-33-21)32-20(9-31-22)35-6-5-14-16(10-35)25(14,11-29)15-3-1-2-4-18(15)27/h1-4,7-9,14,16H,5-6,10-11,29H2,(H2,30,36)(H,32,33,34)/t14-,16+,25-/m1/s1. The number of hydrogen-bond acceptors (Lipinski definition) is 6. The maximum absolute atomic E-state index is 14.8. The number of benzene rings is 2. The van der Waals surface area contributed by atoms with Gasteiger partial charge >= 0.3 is 0 Å². The molecular weight excluding hydrogens is 488 g/mol. The third-order valence-electron chi connectivity index (χ3n) is 7.71. The van der Waals surface area contributed by atoms with Crippen LogP contribution in [0.2, 0.25) is 5.02 Å². The second-order valence-electron chi connectivity index (χ2n) is 9.35.